The van der Waals surface area contributed by atoms with E-state index in [0.29, 0.717) is 6.04 Å². The van der Waals surface area contributed by atoms with Crippen LogP contribution in [-0.4, -0.2) is 82.7 Å². The van der Waals surface area contributed by atoms with Crippen LogP contribution in [0.4, 0.5) is 0 Å². The Morgan fingerprint density at radius 2 is 1.30 bits per heavy atom. The Balaban J connectivity index is 1.42. The van der Waals surface area contributed by atoms with Gasteiger partial charge in [0.2, 0.25) is 0 Å². The lowest BCUT2D eigenvalue weighted by Gasteiger charge is -2.28. The zero-order valence-corrected chi connectivity index (χ0v) is 17.7. The van der Waals surface area contributed by atoms with Gasteiger partial charge in [-0.05, 0) is 36.8 Å². The quantitative estimate of drug-likeness (QED) is 0.740. The van der Waals surface area contributed by atoms with Crippen LogP contribution in [-0.2, 0) is 13.1 Å². The monoisotopic (exact) mass is 404 g/mol. The Kier molecular flexibility index (Phi) is 7.72. The minimum Gasteiger partial charge on any atom is -0.299 e. The van der Waals surface area contributed by atoms with Gasteiger partial charge in [0.15, 0.2) is 0 Å². The number of hydrogen-bond acceptors (Lipinski definition) is 6. The highest BCUT2D eigenvalue weighted by atomic mass is 15.3. The number of hydrogen-bond donors (Lipinski definition) is 0. The fourth-order valence-electron chi connectivity index (χ4n) is 4.07. The van der Waals surface area contributed by atoms with Gasteiger partial charge in [0.1, 0.15) is 0 Å². The lowest BCUT2D eigenvalue weighted by atomic mass is 10.1. The van der Waals surface area contributed by atoms with Crippen molar-refractivity contribution in [1.29, 1.82) is 0 Å². The summed E-state index contributed by atoms with van der Waals surface area (Å²) in [5, 5.41) is 0. The first kappa shape index (κ1) is 20.8. The second-order valence-corrected chi connectivity index (χ2v) is 8.11. The summed E-state index contributed by atoms with van der Waals surface area (Å²) in [6.45, 7) is 9.16. The Hall–Kier alpha value is -2.41. The number of pyridine rings is 2. The highest BCUT2D eigenvalue weighted by Crippen LogP contribution is 2.11. The van der Waals surface area contributed by atoms with Gasteiger partial charge in [-0.15, -0.1) is 0 Å². The first-order chi connectivity index (χ1) is 14.8. The molecule has 2 aromatic heterocycles. The highest BCUT2D eigenvalue weighted by Gasteiger charge is 2.19. The number of allylic oxidation sites excluding steroid dienone is 1. The topological polar surface area (TPSA) is 47.9 Å². The molecule has 0 saturated carbocycles. The van der Waals surface area contributed by atoms with E-state index in [2.05, 4.69) is 66.1 Å². The Bertz CT molecular complexity index is 753. The minimum absolute atomic E-state index is 0.379. The molecule has 0 aromatic carbocycles. The summed E-state index contributed by atoms with van der Waals surface area (Å²) < 4.78 is 0. The Labute approximate surface area is 180 Å². The van der Waals surface area contributed by atoms with Gasteiger partial charge in [-0.2, -0.15) is 0 Å². The standard InChI is InChI=1S/C24H32N6/c1-4-10-25-22(7-1)19-28-13-15-29(20-23-8-2-5-11-26-23)17-18-30(16-14-28)21-24-9-3-6-12-27-24/h1-8,10-12,24H,9,13-21H2. The van der Waals surface area contributed by atoms with Gasteiger partial charge in [0.25, 0.3) is 0 Å². The lowest BCUT2D eigenvalue weighted by molar-refractivity contribution is 0.206. The maximum Gasteiger partial charge on any atom is 0.0660 e. The molecule has 0 amide bonds. The van der Waals surface area contributed by atoms with Crippen molar-refractivity contribution in [3.05, 3.63) is 72.3 Å². The van der Waals surface area contributed by atoms with Crippen molar-refractivity contribution < 1.29 is 0 Å². The largest absolute Gasteiger partial charge is 0.299 e. The van der Waals surface area contributed by atoms with Crippen molar-refractivity contribution in [2.75, 3.05) is 45.8 Å². The fraction of sp³-hybridized carbons (Fsp3) is 0.458. The van der Waals surface area contributed by atoms with Gasteiger partial charge >= 0.3 is 0 Å². The molecule has 1 fully saturated rings. The Morgan fingerprint density at radius 3 is 1.77 bits per heavy atom. The van der Waals surface area contributed by atoms with E-state index in [1.165, 1.54) is 0 Å². The normalized spacial score (nSPS) is 21.8. The van der Waals surface area contributed by atoms with Crippen LogP contribution in [0, 0.1) is 0 Å². The molecule has 4 rings (SSSR count). The summed E-state index contributed by atoms with van der Waals surface area (Å²) in [7, 11) is 0. The zero-order chi connectivity index (χ0) is 20.4. The average molecular weight is 405 g/mol. The van der Waals surface area contributed by atoms with E-state index in [4.69, 9.17) is 0 Å². The zero-order valence-electron chi connectivity index (χ0n) is 17.7. The van der Waals surface area contributed by atoms with Crippen LogP contribution < -0.4 is 0 Å². The van der Waals surface area contributed by atoms with Crippen LogP contribution in [0.2, 0.25) is 0 Å². The van der Waals surface area contributed by atoms with Gasteiger partial charge in [-0.1, -0.05) is 18.2 Å². The fourth-order valence-corrected chi connectivity index (χ4v) is 4.07. The molecule has 0 bridgehead atoms. The molecule has 6 heteroatoms. The van der Waals surface area contributed by atoms with Crippen molar-refractivity contribution in [2.45, 2.75) is 25.6 Å². The number of rotatable bonds is 6. The summed E-state index contributed by atoms with van der Waals surface area (Å²) in [6.07, 6.45) is 11.1. The summed E-state index contributed by atoms with van der Waals surface area (Å²) in [5.74, 6) is 0. The molecule has 6 nitrogen and oxygen atoms in total. The highest BCUT2D eigenvalue weighted by molar-refractivity contribution is 5.72. The number of nitrogens with zero attached hydrogens (tertiary/aromatic N) is 6. The maximum atomic E-state index is 4.67. The maximum absolute atomic E-state index is 4.67. The molecule has 2 aromatic rings. The second-order valence-electron chi connectivity index (χ2n) is 8.11. The third kappa shape index (κ3) is 6.55. The van der Waals surface area contributed by atoms with Crippen LogP contribution in [0.5, 0.6) is 0 Å². The molecular weight excluding hydrogens is 372 g/mol. The van der Waals surface area contributed by atoms with E-state index in [1.54, 1.807) is 0 Å². The minimum atomic E-state index is 0.379. The summed E-state index contributed by atoms with van der Waals surface area (Å²) in [5.41, 5.74) is 2.28. The molecular formula is C24H32N6. The summed E-state index contributed by atoms with van der Waals surface area (Å²) >= 11 is 0. The van der Waals surface area contributed by atoms with Crippen molar-refractivity contribution in [3.8, 4) is 0 Å². The molecule has 0 spiro atoms. The lowest BCUT2D eigenvalue weighted by Crippen LogP contribution is -2.40. The van der Waals surface area contributed by atoms with Gasteiger partial charge in [0, 0.05) is 77.5 Å². The van der Waals surface area contributed by atoms with Crippen LogP contribution in [0.3, 0.4) is 0 Å². The second kappa shape index (κ2) is 11.1. The van der Waals surface area contributed by atoms with E-state index >= 15 is 0 Å². The molecule has 30 heavy (non-hydrogen) atoms. The van der Waals surface area contributed by atoms with Crippen LogP contribution in [0.15, 0.2) is 65.9 Å². The average Bonchev–Trinajstić information content (AvgIpc) is 2.88. The molecule has 0 N–H and O–H groups in total. The van der Waals surface area contributed by atoms with Gasteiger partial charge in [-0.25, -0.2) is 0 Å². The molecule has 4 heterocycles. The van der Waals surface area contributed by atoms with E-state index in [9.17, 15) is 0 Å². The molecule has 0 radical (unpaired) electrons. The van der Waals surface area contributed by atoms with Gasteiger partial charge in [0.05, 0.1) is 17.4 Å². The molecule has 1 saturated heterocycles. The van der Waals surface area contributed by atoms with Crippen LogP contribution in [0.1, 0.15) is 17.8 Å². The number of aromatic nitrogens is 2. The first-order valence-corrected chi connectivity index (χ1v) is 11.0. The smallest absolute Gasteiger partial charge is 0.0660 e. The van der Waals surface area contributed by atoms with E-state index in [1.807, 2.05) is 30.7 Å². The third-order valence-electron chi connectivity index (χ3n) is 5.82. The predicted octanol–water partition coefficient (Wildman–Crippen LogP) is 2.50. The van der Waals surface area contributed by atoms with Crippen molar-refractivity contribution in [3.63, 3.8) is 0 Å². The van der Waals surface area contributed by atoms with Crippen molar-refractivity contribution in [1.82, 2.24) is 24.7 Å². The van der Waals surface area contributed by atoms with Crippen LogP contribution >= 0.6 is 0 Å². The molecule has 1 atom stereocenters. The van der Waals surface area contributed by atoms with Gasteiger partial charge < -0.3 is 0 Å². The molecule has 1 unspecified atom stereocenters. The van der Waals surface area contributed by atoms with Crippen LogP contribution in [0.25, 0.3) is 0 Å². The van der Waals surface area contributed by atoms with Crippen molar-refractivity contribution in [2.24, 2.45) is 4.99 Å². The molecule has 158 valence electrons. The van der Waals surface area contributed by atoms with E-state index in [-0.39, 0.29) is 0 Å². The van der Waals surface area contributed by atoms with Crippen molar-refractivity contribution >= 4 is 6.21 Å². The number of aliphatic imine (C=N–C) groups is 1. The van der Waals surface area contributed by atoms with E-state index < -0.39 is 0 Å². The summed E-state index contributed by atoms with van der Waals surface area (Å²) in [6, 6.07) is 12.7. The third-order valence-corrected chi connectivity index (χ3v) is 5.82. The Morgan fingerprint density at radius 1 is 0.733 bits per heavy atom. The molecule has 2 aliphatic rings. The van der Waals surface area contributed by atoms with E-state index in [0.717, 1.165) is 76.7 Å². The first-order valence-electron chi connectivity index (χ1n) is 11.0. The molecule has 2 aliphatic heterocycles. The number of dihydropyridines is 1. The van der Waals surface area contributed by atoms with Gasteiger partial charge in [-0.3, -0.25) is 29.7 Å². The summed E-state index contributed by atoms with van der Waals surface area (Å²) in [4.78, 5) is 21.4. The SMILES string of the molecule is C1=CCC(CN2CCN(Cc3ccccn3)CCN(Cc3ccccn3)CC2)N=C1. The predicted molar refractivity (Wildman–Crippen MR) is 122 cm³/mol. The molecule has 0 aliphatic carbocycles.